The van der Waals surface area contributed by atoms with E-state index in [0.29, 0.717) is 24.7 Å². The Hall–Kier alpha value is -2.95. The summed E-state index contributed by atoms with van der Waals surface area (Å²) >= 11 is 0. The number of benzene rings is 1. The maximum Gasteiger partial charge on any atom is 0.573 e. The molecule has 1 atom stereocenters. The molecule has 11 heteroatoms. The number of hydrogen-bond acceptors (Lipinski definition) is 5. The fourth-order valence-corrected chi connectivity index (χ4v) is 3.22. The van der Waals surface area contributed by atoms with E-state index in [1.165, 1.54) is 11.1 Å². The third-order valence-corrected chi connectivity index (χ3v) is 4.40. The van der Waals surface area contributed by atoms with Crippen LogP contribution >= 0.6 is 0 Å². The Bertz CT molecular complexity index is 909. The predicted octanol–water partition coefficient (Wildman–Crippen LogP) is 3.96. The molecule has 1 aromatic heterocycles. The van der Waals surface area contributed by atoms with Gasteiger partial charge in [-0.05, 0) is 24.6 Å². The van der Waals surface area contributed by atoms with Gasteiger partial charge in [-0.25, -0.2) is 13.6 Å². The average Bonchev–Trinajstić information content (AvgIpc) is 2.59. The number of carbonyl (C=O) groups excluding carboxylic acids is 1. The first-order valence-electron chi connectivity index (χ1n) is 8.95. The van der Waals surface area contributed by atoms with Crippen molar-refractivity contribution in [2.45, 2.75) is 25.9 Å². The van der Waals surface area contributed by atoms with E-state index in [-0.39, 0.29) is 24.9 Å². The molecule has 0 saturated carbocycles. The standard InChI is InChI=1S/C19H18F5N3O3/c1-12-10-26(11-13-4-14(20)6-16(5-13)30-19(22,23)24)2-3-27(12)18(28)29-17-7-15(21)8-25-9-17/h4-9,12H,2-3,10-11H2,1H3/t12-/m1/s1. The lowest BCUT2D eigenvalue weighted by atomic mass is 10.1. The fraction of sp³-hybridized carbons (Fsp3) is 0.368. The lowest BCUT2D eigenvalue weighted by Gasteiger charge is -2.39. The first-order valence-corrected chi connectivity index (χ1v) is 8.95. The molecule has 2 aromatic rings. The van der Waals surface area contributed by atoms with E-state index < -0.39 is 29.8 Å². The second kappa shape index (κ2) is 8.82. The molecule has 0 unspecified atom stereocenters. The molecule has 0 N–H and O–H groups in total. The Balaban J connectivity index is 1.59. The van der Waals surface area contributed by atoms with Crippen molar-refractivity contribution in [1.82, 2.24) is 14.8 Å². The van der Waals surface area contributed by atoms with Gasteiger partial charge in [0.25, 0.3) is 0 Å². The highest BCUT2D eigenvalue weighted by atomic mass is 19.4. The smallest absolute Gasteiger partial charge is 0.408 e. The highest BCUT2D eigenvalue weighted by molar-refractivity contribution is 5.71. The van der Waals surface area contributed by atoms with E-state index in [2.05, 4.69) is 9.72 Å². The number of hydrogen-bond donors (Lipinski definition) is 0. The largest absolute Gasteiger partial charge is 0.573 e. The Morgan fingerprint density at radius 2 is 1.83 bits per heavy atom. The molecule has 6 nitrogen and oxygen atoms in total. The number of carbonyl (C=O) groups is 1. The maximum absolute atomic E-state index is 13.7. The lowest BCUT2D eigenvalue weighted by molar-refractivity contribution is -0.274. The zero-order valence-electron chi connectivity index (χ0n) is 15.8. The van der Waals surface area contributed by atoms with E-state index in [9.17, 15) is 26.7 Å². The summed E-state index contributed by atoms with van der Waals surface area (Å²) in [6, 6.07) is 3.66. The van der Waals surface area contributed by atoms with Crippen LogP contribution in [0.2, 0.25) is 0 Å². The quantitative estimate of drug-likeness (QED) is 0.686. The van der Waals surface area contributed by atoms with Crippen LogP contribution in [0.3, 0.4) is 0 Å². The molecule has 162 valence electrons. The van der Waals surface area contributed by atoms with Crippen molar-refractivity contribution in [1.29, 1.82) is 0 Å². The van der Waals surface area contributed by atoms with Gasteiger partial charge in [0.1, 0.15) is 17.4 Å². The first-order chi connectivity index (χ1) is 14.1. The molecule has 2 heterocycles. The maximum atomic E-state index is 13.7. The number of alkyl halides is 3. The zero-order valence-corrected chi connectivity index (χ0v) is 15.8. The van der Waals surface area contributed by atoms with Crippen molar-refractivity contribution >= 4 is 6.09 Å². The Morgan fingerprint density at radius 3 is 2.50 bits per heavy atom. The van der Waals surface area contributed by atoms with Gasteiger partial charge in [-0.3, -0.25) is 9.88 Å². The highest BCUT2D eigenvalue weighted by Gasteiger charge is 2.32. The number of aromatic nitrogens is 1. The van der Waals surface area contributed by atoms with Gasteiger partial charge >= 0.3 is 12.5 Å². The van der Waals surface area contributed by atoms with Gasteiger partial charge in [-0.1, -0.05) is 0 Å². The van der Waals surface area contributed by atoms with Crippen molar-refractivity contribution in [2.24, 2.45) is 0 Å². The van der Waals surface area contributed by atoms with E-state index in [0.717, 1.165) is 24.4 Å². The van der Waals surface area contributed by atoms with Gasteiger partial charge in [-0.2, -0.15) is 0 Å². The molecule has 0 aliphatic carbocycles. The minimum atomic E-state index is -4.91. The molecular formula is C19H18F5N3O3. The van der Waals surface area contributed by atoms with Gasteiger partial charge in [0.2, 0.25) is 0 Å². The van der Waals surface area contributed by atoms with Gasteiger partial charge in [0.05, 0.1) is 12.4 Å². The van der Waals surface area contributed by atoms with Crippen molar-refractivity contribution in [3.8, 4) is 11.5 Å². The number of pyridine rings is 1. The first kappa shape index (κ1) is 21.8. The van der Waals surface area contributed by atoms with Gasteiger partial charge in [-0.15, -0.1) is 13.2 Å². The fourth-order valence-electron chi connectivity index (χ4n) is 3.22. The summed E-state index contributed by atoms with van der Waals surface area (Å²) in [7, 11) is 0. The van der Waals surface area contributed by atoms with Crippen LogP contribution in [0.1, 0.15) is 12.5 Å². The van der Waals surface area contributed by atoms with Crippen LogP contribution < -0.4 is 9.47 Å². The molecule has 0 bridgehead atoms. The van der Waals surface area contributed by atoms with Crippen LogP contribution in [0.25, 0.3) is 0 Å². The van der Waals surface area contributed by atoms with Crippen molar-refractivity contribution in [2.75, 3.05) is 19.6 Å². The molecule has 1 amide bonds. The van der Waals surface area contributed by atoms with Gasteiger partial charge < -0.3 is 14.4 Å². The zero-order chi connectivity index (χ0) is 21.9. The molecular weight excluding hydrogens is 413 g/mol. The van der Waals surface area contributed by atoms with Crippen LogP contribution in [0.15, 0.2) is 36.7 Å². The Morgan fingerprint density at radius 1 is 1.10 bits per heavy atom. The molecule has 0 radical (unpaired) electrons. The summed E-state index contributed by atoms with van der Waals surface area (Å²) in [6.45, 7) is 2.97. The van der Waals surface area contributed by atoms with E-state index in [1.807, 2.05) is 4.90 Å². The van der Waals surface area contributed by atoms with Crippen LogP contribution in [0, 0.1) is 11.6 Å². The molecule has 1 aliphatic heterocycles. The van der Waals surface area contributed by atoms with Crippen molar-refractivity contribution in [3.05, 3.63) is 53.9 Å². The molecule has 1 aliphatic rings. The number of rotatable bonds is 4. The molecule has 1 saturated heterocycles. The number of nitrogens with zero attached hydrogens (tertiary/aromatic N) is 3. The number of amides is 1. The second-order valence-corrected chi connectivity index (χ2v) is 6.83. The van der Waals surface area contributed by atoms with E-state index in [1.54, 1.807) is 6.92 Å². The average molecular weight is 431 g/mol. The minimum Gasteiger partial charge on any atom is -0.408 e. The third kappa shape index (κ3) is 6.02. The predicted molar refractivity (Wildman–Crippen MR) is 94.7 cm³/mol. The van der Waals surface area contributed by atoms with E-state index >= 15 is 0 Å². The van der Waals surface area contributed by atoms with E-state index in [4.69, 9.17) is 4.74 Å². The lowest BCUT2D eigenvalue weighted by Crippen LogP contribution is -2.54. The molecule has 1 aromatic carbocycles. The second-order valence-electron chi connectivity index (χ2n) is 6.83. The summed E-state index contributed by atoms with van der Waals surface area (Å²) in [5.74, 6) is -2.13. The van der Waals surface area contributed by atoms with Crippen LogP contribution in [-0.4, -0.2) is 52.9 Å². The molecule has 1 fully saturated rings. The van der Waals surface area contributed by atoms with Crippen molar-refractivity contribution in [3.63, 3.8) is 0 Å². The van der Waals surface area contributed by atoms with Crippen molar-refractivity contribution < 1.29 is 36.2 Å². The SMILES string of the molecule is C[C@@H]1CN(Cc2cc(F)cc(OC(F)(F)F)c2)CCN1C(=O)Oc1cncc(F)c1. The summed E-state index contributed by atoms with van der Waals surface area (Å²) in [4.78, 5) is 19.3. The summed E-state index contributed by atoms with van der Waals surface area (Å²) in [5.41, 5.74) is 0.309. The third-order valence-electron chi connectivity index (χ3n) is 4.40. The molecule has 30 heavy (non-hydrogen) atoms. The van der Waals surface area contributed by atoms with Crippen LogP contribution in [-0.2, 0) is 6.54 Å². The summed E-state index contributed by atoms with van der Waals surface area (Å²) < 4.78 is 72.9. The highest BCUT2D eigenvalue weighted by Crippen LogP contribution is 2.26. The molecule has 3 rings (SSSR count). The Kier molecular flexibility index (Phi) is 6.40. The van der Waals surface area contributed by atoms with Gasteiger partial charge in [0.15, 0.2) is 5.75 Å². The van der Waals surface area contributed by atoms with Crippen LogP contribution in [0.5, 0.6) is 11.5 Å². The topological polar surface area (TPSA) is 54.9 Å². The number of piperazine rings is 1. The number of ether oxygens (including phenoxy) is 2. The summed E-state index contributed by atoms with van der Waals surface area (Å²) in [5, 5.41) is 0. The summed E-state index contributed by atoms with van der Waals surface area (Å²) in [6.07, 6.45) is -3.38. The van der Waals surface area contributed by atoms with Gasteiger partial charge in [0, 0.05) is 44.4 Å². The normalized spacial score (nSPS) is 17.7. The van der Waals surface area contributed by atoms with Crippen LogP contribution in [0.4, 0.5) is 26.7 Å². The monoisotopic (exact) mass is 431 g/mol. The number of halogens is 5. The Labute approximate surface area is 168 Å². The molecule has 0 spiro atoms. The minimum absolute atomic E-state index is 0.0217.